The van der Waals surface area contributed by atoms with Crippen molar-refractivity contribution >= 4 is 11.6 Å². The minimum atomic E-state index is 0.00486. The molecule has 4 nitrogen and oxygen atoms in total. The van der Waals surface area contributed by atoms with Crippen LogP contribution in [0.2, 0.25) is 0 Å². The molecule has 0 aromatic heterocycles. The maximum atomic E-state index is 12.4. The Morgan fingerprint density at radius 2 is 2.14 bits per heavy atom. The Kier molecular flexibility index (Phi) is 5.83. The van der Waals surface area contributed by atoms with Gasteiger partial charge in [0.05, 0.1) is 6.61 Å². The number of nitrogens with one attached hydrogen (secondary N) is 2. The summed E-state index contributed by atoms with van der Waals surface area (Å²) in [4.78, 5) is 12.4. The lowest BCUT2D eigenvalue weighted by atomic mass is 10.0. The van der Waals surface area contributed by atoms with E-state index in [9.17, 15) is 4.79 Å². The van der Waals surface area contributed by atoms with Crippen LogP contribution in [0.25, 0.3) is 0 Å². The molecule has 1 saturated heterocycles. The fourth-order valence-electron chi connectivity index (χ4n) is 2.53. The maximum absolute atomic E-state index is 12.4. The highest BCUT2D eigenvalue weighted by Gasteiger charge is 2.18. The second-order valence-corrected chi connectivity index (χ2v) is 6.59. The number of benzene rings is 1. The molecule has 122 valence electrons. The second-order valence-electron chi connectivity index (χ2n) is 6.59. The van der Waals surface area contributed by atoms with Crippen LogP contribution < -0.4 is 10.6 Å². The van der Waals surface area contributed by atoms with Gasteiger partial charge in [0, 0.05) is 36.4 Å². The van der Waals surface area contributed by atoms with Gasteiger partial charge in [0.25, 0.3) is 5.91 Å². The van der Waals surface area contributed by atoms with Crippen LogP contribution in [0, 0.1) is 18.8 Å². The molecule has 4 heteroatoms. The van der Waals surface area contributed by atoms with Crippen LogP contribution >= 0.6 is 0 Å². The molecule has 1 aliphatic heterocycles. The van der Waals surface area contributed by atoms with Crippen molar-refractivity contribution in [3.8, 4) is 0 Å². The first kappa shape index (κ1) is 16.8. The summed E-state index contributed by atoms with van der Waals surface area (Å²) in [6, 6.07) is 6.24. The molecule has 1 fully saturated rings. The van der Waals surface area contributed by atoms with E-state index in [1.165, 1.54) is 0 Å². The lowest BCUT2D eigenvalue weighted by Gasteiger charge is -2.21. The highest BCUT2D eigenvalue weighted by Crippen LogP contribution is 2.21. The van der Waals surface area contributed by atoms with Gasteiger partial charge in [-0.1, -0.05) is 19.9 Å². The number of anilines is 1. The number of ether oxygens (including phenoxy) is 1. The Bertz CT molecular complexity index is 508. The van der Waals surface area contributed by atoms with Crippen LogP contribution in [0.1, 0.15) is 43.1 Å². The first-order chi connectivity index (χ1) is 10.5. The molecule has 1 heterocycles. The van der Waals surface area contributed by atoms with Gasteiger partial charge < -0.3 is 15.4 Å². The van der Waals surface area contributed by atoms with E-state index in [4.69, 9.17) is 4.74 Å². The maximum Gasteiger partial charge on any atom is 0.251 e. The van der Waals surface area contributed by atoms with Gasteiger partial charge >= 0.3 is 0 Å². The molecular weight excluding hydrogens is 276 g/mol. The van der Waals surface area contributed by atoms with E-state index < -0.39 is 0 Å². The minimum absolute atomic E-state index is 0.00486. The Labute approximate surface area is 133 Å². The highest BCUT2D eigenvalue weighted by atomic mass is 16.5. The molecule has 0 unspecified atom stereocenters. The predicted octanol–water partition coefficient (Wildman–Crippen LogP) is 3.22. The van der Waals surface area contributed by atoms with Gasteiger partial charge in [-0.25, -0.2) is 0 Å². The zero-order valence-electron chi connectivity index (χ0n) is 14.1. The zero-order valence-corrected chi connectivity index (χ0v) is 14.1. The zero-order chi connectivity index (χ0) is 16.1. The highest BCUT2D eigenvalue weighted by molar-refractivity contribution is 5.97. The van der Waals surface area contributed by atoms with E-state index in [0.717, 1.165) is 36.4 Å². The van der Waals surface area contributed by atoms with Crippen molar-refractivity contribution in [3.63, 3.8) is 0 Å². The number of rotatable bonds is 6. The fraction of sp³-hybridized carbons (Fsp3) is 0.611. The van der Waals surface area contributed by atoms with Gasteiger partial charge in [-0.3, -0.25) is 4.79 Å². The van der Waals surface area contributed by atoms with E-state index in [1.807, 2.05) is 25.1 Å². The number of carbonyl (C=O) groups is 1. The molecule has 0 radical (unpaired) electrons. The summed E-state index contributed by atoms with van der Waals surface area (Å²) in [5.74, 6) is 0.996. The molecule has 0 spiro atoms. The summed E-state index contributed by atoms with van der Waals surface area (Å²) >= 11 is 0. The van der Waals surface area contributed by atoms with Gasteiger partial charge in [0.15, 0.2) is 0 Å². The van der Waals surface area contributed by atoms with Crippen molar-refractivity contribution in [1.82, 2.24) is 5.32 Å². The van der Waals surface area contributed by atoms with E-state index in [-0.39, 0.29) is 5.91 Å². The summed E-state index contributed by atoms with van der Waals surface area (Å²) in [5, 5.41) is 6.54. The molecule has 0 saturated carbocycles. The lowest BCUT2D eigenvalue weighted by Crippen LogP contribution is -2.30. The van der Waals surface area contributed by atoms with E-state index in [2.05, 4.69) is 31.4 Å². The second kappa shape index (κ2) is 7.63. The SMILES string of the molecule is Cc1c(N[C@H](C)C(C)C)cccc1C(=O)NC[C@H]1CCOC1. The third-order valence-electron chi connectivity index (χ3n) is 4.54. The molecule has 1 aromatic rings. The number of carbonyl (C=O) groups excluding carboxylic acids is 1. The summed E-state index contributed by atoms with van der Waals surface area (Å²) in [5.41, 5.74) is 2.80. The monoisotopic (exact) mass is 304 g/mol. The largest absolute Gasteiger partial charge is 0.382 e. The van der Waals surface area contributed by atoms with Crippen LogP contribution in [-0.4, -0.2) is 31.7 Å². The Balaban J connectivity index is 2.02. The molecule has 22 heavy (non-hydrogen) atoms. The molecule has 0 aliphatic carbocycles. The first-order valence-corrected chi connectivity index (χ1v) is 8.21. The summed E-state index contributed by atoms with van der Waals surface area (Å²) in [6.45, 7) is 10.8. The van der Waals surface area contributed by atoms with Crippen molar-refractivity contribution in [2.45, 2.75) is 40.2 Å². The van der Waals surface area contributed by atoms with Crippen LogP contribution in [0.4, 0.5) is 5.69 Å². The van der Waals surface area contributed by atoms with Gasteiger partial charge in [-0.2, -0.15) is 0 Å². The molecule has 1 amide bonds. The van der Waals surface area contributed by atoms with Crippen molar-refractivity contribution in [1.29, 1.82) is 0 Å². The normalized spacial score (nSPS) is 19.2. The number of hydrogen-bond acceptors (Lipinski definition) is 3. The molecule has 0 bridgehead atoms. The minimum Gasteiger partial charge on any atom is -0.382 e. The Hall–Kier alpha value is -1.55. The molecular formula is C18H28N2O2. The van der Waals surface area contributed by atoms with Crippen molar-refractivity contribution in [2.75, 3.05) is 25.1 Å². The average molecular weight is 304 g/mol. The van der Waals surface area contributed by atoms with Crippen molar-refractivity contribution in [2.24, 2.45) is 11.8 Å². The van der Waals surface area contributed by atoms with E-state index in [1.54, 1.807) is 0 Å². The van der Waals surface area contributed by atoms with E-state index >= 15 is 0 Å². The summed E-state index contributed by atoms with van der Waals surface area (Å²) < 4.78 is 5.34. The smallest absolute Gasteiger partial charge is 0.251 e. The molecule has 1 aliphatic rings. The van der Waals surface area contributed by atoms with Gasteiger partial charge in [0.2, 0.25) is 0 Å². The van der Waals surface area contributed by atoms with Gasteiger partial charge in [-0.05, 0) is 43.9 Å². The quantitative estimate of drug-likeness (QED) is 0.848. The van der Waals surface area contributed by atoms with Crippen molar-refractivity contribution < 1.29 is 9.53 Å². The predicted molar refractivity (Wildman–Crippen MR) is 90.4 cm³/mol. The average Bonchev–Trinajstić information content (AvgIpc) is 3.00. The van der Waals surface area contributed by atoms with Gasteiger partial charge in [-0.15, -0.1) is 0 Å². The third-order valence-corrected chi connectivity index (χ3v) is 4.54. The van der Waals surface area contributed by atoms with Crippen LogP contribution in [0.15, 0.2) is 18.2 Å². The van der Waals surface area contributed by atoms with Crippen LogP contribution in [0.3, 0.4) is 0 Å². The van der Waals surface area contributed by atoms with Crippen LogP contribution in [-0.2, 0) is 4.74 Å². The fourth-order valence-corrected chi connectivity index (χ4v) is 2.53. The summed E-state index contributed by atoms with van der Waals surface area (Å²) in [7, 11) is 0. The first-order valence-electron chi connectivity index (χ1n) is 8.21. The van der Waals surface area contributed by atoms with Gasteiger partial charge in [0.1, 0.15) is 0 Å². The standard InChI is InChI=1S/C18H28N2O2/c1-12(2)14(4)20-17-7-5-6-16(13(17)3)18(21)19-10-15-8-9-22-11-15/h5-7,12,14-15,20H,8-11H2,1-4H3,(H,19,21)/t14-,15-/m1/s1. The number of amides is 1. The van der Waals surface area contributed by atoms with Crippen LogP contribution in [0.5, 0.6) is 0 Å². The third kappa shape index (κ3) is 4.23. The lowest BCUT2D eigenvalue weighted by molar-refractivity contribution is 0.0944. The Morgan fingerprint density at radius 1 is 1.36 bits per heavy atom. The molecule has 2 rings (SSSR count). The topological polar surface area (TPSA) is 50.4 Å². The van der Waals surface area contributed by atoms with E-state index in [0.29, 0.717) is 24.4 Å². The Morgan fingerprint density at radius 3 is 2.77 bits per heavy atom. The molecule has 2 N–H and O–H groups in total. The summed E-state index contributed by atoms with van der Waals surface area (Å²) in [6.07, 6.45) is 1.03. The molecule has 1 aromatic carbocycles. The van der Waals surface area contributed by atoms with Crippen molar-refractivity contribution in [3.05, 3.63) is 29.3 Å². The molecule has 2 atom stereocenters. The number of hydrogen-bond donors (Lipinski definition) is 2.